The van der Waals surface area contributed by atoms with Gasteiger partial charge in [0.05, 0.1) is 0 Å². The van der Waals surface area contributed by atoms with Crippen molar-refractivity contribution in [2.24, 2.45) is 0 Å². The summed E-state index contributed by atoms with van der Waals surface area (Å²) in [5.74, 6) is 0.218. The van der Waals surface area contributed by atoms with E-state index in [1.165, 1.54) is 4.80 Å². The summed E-state index contributed by atoms with van der Waals surface area (Å²) in [6, 6.07) is 9.68. The zero-order valence-electron chi connectivity index (χ0n) is 9.93. The molecule has 0 radical (unpaired) electrons. The number of hydrogen-bond donors (Lipinski definition) is 1. The Morgan fingerprint density at radius 3 is 2.53 bits per heavy atom. The number of nitrogens with zero attached hydrogens (tertiary/aromatic N) is 3. The molecule has 1 heterocycles. The average Bonchev–Trinajstić information content (AvgIpc) is 2.76. The van der Waals surface area contributed by atoms with Gasteiger partial charge in [-0.3, -0.25) is 0 Å². The van der Waals surface area contributed by atoms with E-state index in [2.05, 4.69) is 55.4 Å². The third kappa shape index (κ3) is 2.42. The van der Waals surface area contributed by atoms with Gasteiger partial charge in [-0.05, 0) is 88.0 Å². The number of hydrogen-bond acceptors (Lipinski definition) is 3. The van der Waals surface area contributed by atoms with Crippen molar-refractivity contribution in [3.05, 3.63) is 43.0 Å². The van der Waals surface area contributed by atoms with Gasteiger partial charge in [0.1, 0.15) is 22.5 Å². The lowest BCUT2D eigenvalue weighted by atomic mass is 10.2. The molecular formula is C13H9I2N3O. The molecule has 0 saturated carbocycles. The van der Waals surface area contributed by atoms with Crippen molar-refractivity contribution in [2.45, 2.75) is 6.92 Å². The molecular weight excluding hydrogens is 468 g/mol. The lowest BCUT2D eigenvalue weighted by Gasteiger charge is -2.06. The summed E-state index contributed by atoms with van der Waals surface area (Å²) >= 11 is 4.46. The molecule has 0 aliphatic heterocycles. The van der Waals surface area contributed by atoms with Crippen LogP contribution in [0.25, 0.3) is 16.7 Å². The van der Waals surface area contributed by atoms with Gasteiger partial charge in [0.2, 0.25) is 0 Å². The van der Waals surface area contributed by atoms with Gasteiger partial charge in [0.15, 0.2) is 0 Å². The fraction of sp³-hybridized carbons (Fsp3) is 0.0769. The maximum Gasteiger partial charge on any atom is 0.146 e. The maximum atomic E-state index is 10.1. The zero-order chi connectivity index (χ0) is 13.6. The second-order valence-corrected chi connectivity index (χ2v) is 6.70. The van der Waals surface area contributed by atoms with Crippen LogP contribution in [0.1, 0.15) is 5.56 Å². The molecule has 96 valence electrons. The van der Waals surface area contributed by atoms with Crippen LogP contribution in [-0.4, -0.2) is 20.1 Å². The van der Waals surface area contributed by atoms with Crippen LogP contribution in [-0.2, 0) is 0 Å². The Bertz CT molecular complexity index is 783. The molecule has 0 bridgehead atoms. The first kappa shape index (κ1) is 13.1. The highest BCUT2D eigenvalue weighted by atomic mass is 127. The summed E-state index contributed by atoms with van der Waals surface area (Å²) in [7, 11) is 0. The highest BCUT2D eigenvalue weighted by molar-refractivity contribution is 14.1. The summed E-state index contributed by atoms with van der Waals surface area (Å²) in [6.45, 7) is 1.87. The Morgan fingerprint density at radius 2 is 1.74 bits per heavy atom. The Kier molecular flexibility index (Phi) is 3.37. The van der Waals surface area contributed by atoms with E-state index >= 15 is 0 Å². The van der Waals surface area contributed by atoms with Crippen LogP contribution < -0.4 is 0 Å². The Morgan fingerprint density at radius 1 is 1.00 bits per heavy atom. The monoisotopic (exact) mass is 477 g/mol. The standard InChI is InChI=1S/C13H9I2N3O/c1-7-4-9(15)6-12(13(7)19)18-16-10-3-2-8(14)5-11(10)17-18/h2-6,19H,1H3. The molecule has 3 rings (SSSR count). The van der Waals surface area contributed by atoms with Crippen LogP contribution in [0.15, 0.2) is 30.3 Å². The number of phenolic OH excluding ortho intramolecular Hbond substituents is 1. The van der Waals surface area contributed by atoms with Gasteiger partial charge >= 0.3 is 0 Å². The number of aryl methyl sites for hydroxylation is 1. The molecule has 6 heteroatoms. The highest BCUT2D eigenvalue weighted by Gasteiger charge is 2.12. The fourth-order valence-corrected chi connectivity index (χ4v) is 3.10. The summed E-state index contributed by atoms with van der Waals surface area (Å²) < 4.78 is 2.15. The third-order valence-electron chi connectivity index (χ3n) is 2.80. The van der Waals surface area contributed by atoms with Gasteiger partial charge in [-0.1, -0.05) is 0 Å². The number of aromatic nitrogens is 3. The van der Waals surface area contributed by atoms with Crippen molar-refractivity contribution in [2.75, 3.05) is 0 Å². The molecule has 0 aliphatic rings. The molecule has 0 saturated heterocycles. The molecule has 0 atom stereocenters. The molecule has 19 heavy (non-hydrogen) atoms. The minimum absolute atomic E-state index is 0.218. The van der Waals surface area contributed by atoms with Crippen molar-refractivity contribution in [3.63, 3.8) is 0 Å². The lowest BCUT2D eigenvalue weighted by molar-refractivity contribution is 0.463. The van der Waals surface area contributed by atoms with Gasteiger partial charge in [-0.15, -0.1) is 15.0 Å². The fourth-order valence-electron chi connectivity index (χ4n) is 1.87. The predicted octanol–water partition coefficient (Wildman–Crippen LogP) is 3.64. The van der Waals surface area contributed by atoms with E-state index < -0.39 is 0 Å². The minimum atomic E-state index is 0.218. The predicted molar refractivity (Wildman–Crippen MR) is 90.7 cm³/mol. The van der Waals surface area contributed by atoms with Crippen molar-refractivity contribution in [3.8, 4) is 11.4 Å². The zero-order valence-corrected chi connectivity index (χ0v) is 14.2. The second-order valence-electron chi connectivity index (χ2n) is 4.21. The first-order valence-electron chi connectivity index (χ1n) is 5.57. The Labute approximate surface area is 137 Å². The number of halogens is 2. The van der Waals surface area contributed by atoms with Gasteiger partial charge < -0.3 is 5.11 Å². The van der Waals surface area contributed by atoms with E-state index in [1.54, 1.807) is 0 Å². The van der Waals surface area contributed by atoms with E-state index in [4.69, 9.17) is 0 Å². The van der Waals surface area contributed by atoms with Crippen LogP contribution in [0.4, 0.5) is 0 Å². The maximum absolute atomic E-state index is 10.1. The topological polar surface area (TPSA) is 50.9 Å². The highest BCUT2D eigenvalue weighted by Crippen LogP contribution is 2.28. The van der Waals surface area contributed by atoms with E-state index in [9.17, 15) is 5.11 Å². The Hall–Kier alpha value is -0.900. The van der Waals surface area contributed by atoms with E-state index in [0.717, 1.165) is 23.7 Å². The van der Waals surface area contributed by atoms with Gasteiger partial charge in [0.25, 0.3) is 0 Å². The van der Waals surface area contributed by atoms with Crippen LogP contribution in [0, 0.1) is 14.1 Å². The summed E-state index contributed by atoms with van der Waals surface area (Å²) in [5, 5.41) is 19.0. The van der Waals surface area contributed by atoms with Crippen LogP contribution in [0.5, 0.6) is 5.75 Å². The number of aromatic hydroxyl groups is 1. The van der Waals surface area contributed by atoms with Gasteiger partial charge in [0, 0.05) is 7.14 Å². The molecule has 1 N–H and O–H groups in total. The molecule has 0 amide bonds. The quantitative estimate of drug-likeness (QED) is 0.545. The largest absolute Gasteiger partial charge is 0.505 e. The van der Waals surface area contributed by atoms with E-state index in [0.29, 0.717) is 5.69 Å². The first-order chi connectivity index (χ1) is 9.04. The number of rotatable bonds is 1. The number of fused-ring (bicyclic) bond motifs is 1. The van der Waals surface area contributed by atoms with Crippen molar-refractivity contribution >= 4 is 56.2 Å². The summed E-state index contributed by atoms with van der Waals surface area (Å²) in [4.78, 5) is 1.49. The smallest absolute Gasteiger partial charge is 0.146 e. The van der Waals surface area contributed by atoms with Crippen LogP contribution in [0.2, 0.25) is 0 Å². The summed E-state index contributed by atoms with van der Waals surface area (Å²) in [6.07, 6.45) is 0. The van der Waals surface area contributed by atoms with Crippen LogP contribution >= 0.6 is 45.2 Å². The van der Waals surface area contributed by atoms with E-state index in [-0.39, 0.29) is 5.75 Å². The molecule has 0 spiro atoms. The molecule has 2 aromatic carbocycles. The molecule has 1 aromatic heterocycles. The SMILES string of the molecule is Cc1cc(I)cc(-n2nc3ccc(I)cc3n2)c1O. The summed E-state index contributed by atoms with van der Waals surface area (Å²) in [5.41, 5.74) is 3.06. The molecule has 0 fully saturated rings. The third-order valence-corrected chi connectivity index (χ3v) is 4.10. The molecule has 0 unspecified atom stereocenters. The van der Waals surface area contributed by atoms with Crippen molar-refractivity contribution in [1.82, 2.24) is 15.0 Å². The minimum Gasteiger partial charge on any atom is -0.505 e. The first-order valence-corrected chi connectivity index (χ1v) is 7.72. The second kappa shape index (κ2) is 4.89. The average molecular weight is 477 g/mol. The number of phenols is 1. The van der Waals surface area contributed by atoms with Crippen LogP contribution in [0.3, 0.4) is 0 Å². The van der Waals surface area contributed by atoms with Gasteiger partial charge in [-0.25, -0.2) is 0 Å². The van der Waals surface area contributed by atoms with Gasteiger partial charge in [-0.2, -0.15) is 0 Å². The van der Waals surface area contributed by atoms with Crippen molar-refractivity contribution in [1.29, 1.82) is 0 Å². The van der Waals surface area contributed by atoms with E-state index in [1.807, 2.05) is 37.3 Å². The normalized spacial score (nSPS) is 11.1. The Balaban J connectivity index is 2.24. The lowest BCUT2D eigenvalue weighted by Crippen LogP contribution is -2.00. The molecule has 3 aromatic rings. The number of benzene rings is 2. The molecule has 4 nitrogen and oxygen atoms in total. The molecule has 0 aliphatic carbocycles. The van der Waals surface area contributed by atoms with Crippen molar-refractivity contribution < 1.29 is 5.11 Å².